The number of rotatable bonds is 8. The van der Waals surface area contributed by atoms with Crippen LogP contribution in [0.25, 0.3) is 0 Å². The summed E-state index contributed by atoms with van der Waals surface area (Å²) in [6, 6.07) is 4.62. The SMILES string of the molecule is CCC(C)(CNC(=O)C(NC(=O)c1ccc(F)cc1)C(C)C)N1CCOCC1. The molecular formula is C21H32FN3O3. The summed E-state index contributed by atoms with van der Waals surface area (Å²) in [5.41, 5.74) is 0.161. The number of morpholine rings is 1. The highest BCUT2D eigenvalue weighted by Gasteiger charge is 2.33. The van der Waals surface area contributed by atoms with E-state index < -0.39 is 11.9 Å². The average molecular weight is 394 g/mol. The maximum Gasteiger partial charge on any atom is 0.251 e. The number of nitrogens with zero attached hydrogens (tertiary/aromatic N) is 1. The first-order valence-corrected chi connectivity index (χ1v) is 9.94. The first-order valence-electron chi connectivity index (χ1n) is 9.94. The second-order valence-corrected chi connectivity index (χ2v) is 7.87. The van der Waals surface area contributed by atoms with Crippen molar-refractivity contribution in [3.05, 3.63) is 35.6 Å². The molecule has 0 spiro atoms. The Labute approximate surface area is 166 Å². The largest absolute Gasteiger partial charge is 0.379 e. The van der Waals surface area contributed by atoms with Gasteiger partial charge in [-0.15, -0.1) is 0 Å². The van der Waals surface area contributed by atoms with Crippen LogP contribution < -0.4 is 10.6 Å². The molecule has 2 unspecified atom stereocenters. The van der Waals surface area contributed by atoms with E-state index in [0.717, 1.165) is 19.5 Å². The average Bonchev–Trinajstić information content (AvgIpc) is 2.70. The van der Waals surface area contributed by atoms with Crippen LogP contribution in [0.5, 0.6) is 0 Å². The third kappa shape index (κ3) is 5.75. The van der Waals surface area contributed by atoms with E-state index in [9.17, 15) is 14.0 Å². The molecular weight excluding hydrogens is 361 g/mol. The van der Waals surface area contributed by atoms with Crippen LogP contribution in [0.15, 0.2) is 24.3 Å². The zero-order chi connectivity index (χ0) is 20.7. The van der Waals surface area contributed by atoms with Crippen LogP contribution in [0.4, 0.5) is 4.39 Å². The van der Waals surface area contributed by atoms with Crippen molar-refractivity contribution in [2.75, 3.05) is 32.8 Å². The summed E-state index contributed by atoms with van der Waals surface area (Å²) in [6.45, 7) is 11.6. The molecule has 1 aromatic carbocycles. The van der Waals surface area contributed by atoms with Gasteiger partial charge in [0.15, 0.2) is 0 Å². The maximum absolute atomic E-state index is 13.1. The zero-order valence-electron chi connectivity index (χ0n) is 17.3. The van der Waals surface area contributed by atoms with Crippen LogP contribution in [0, 0.1) is 11.7 Å². The molecule has 1 heterocycles. The van der Waals surface area contributed by atoms with Crippen molar-refractivity contribution in [1.29, 1.82) is 0 Å². The number of hydrogen-bond acceptors (Lipinski definition) is 4. The van der Waals surface area contributed by atoms with Crippen LogP contribution in [0.1, 0.15) is 44.5 Å². The van der Waals surface area contributed by atoms with Gasteiger partial charge in [-0.2, -0.15) is 0 Å². The topological polar surface area (TPSA) is 70.7 Å². The molecule has 2 N–H and O–H groups in total. The minimum absolute atomic E-state index is 0.0827. The summed E-state index contributed by atoms with van der Waals surface area (Å²) < 4.78 is 18.5. The van der Waals surface area contributed by atoms with E-state index in [4.69, 9.17) is 4.74 Å². The predicted molar refractivity (Wildman–Crippen MR) is 107 cm³/mol. The molecule has 2 rings (SSSR count). The molecule has 28 heavy (non-hydrogen) atoms. The summed E-state index contributed by atoms with van der Waals surface area (Å²) in [4.78, 5) is 27.6. The van der Waals surface area contributed by atoms with E-state index in [1.54, 1.807) is 0 Å². The highest BCUT2D eigenvalue weighted by Crippen LogP contribution is 2.20. The van der Waals surface area contributed by atoms with E-state index in [-0.39, 0.29) is 23.3 Å². The fraction of sp³-hybridized carbons (Fsp3) is 0.619. The number of amides is 2. The number of ether oxygens (including phenoxy) is 1. The molecule has 7 heteroatoms. The maximum atomic E-state index is 13.1. The van der Waals surface area contributed by atoms with Crippen molar-refractivity contribution in [1.82, 2.24) is 15.5 Å². The number of hydrogen-bond donors (Lipinski definition) is 2. The van der Waals surface area contributed by atoms with Crippen LogP contribution in [0.2, 0.25) is 0 Å². The summed E-state index contributed by atoms with van der Waals surface area (Å²) in [5.74, 6) is -1.09. The number of carbonyl (C=O) groups is 2. The summed E-state index contributed by atoms with van der Waals surface area (Å²) in [6.07, 6.45) is 0.890. The summed E-state index contributed by atoms with van der Waals surface area (Å²) in [5, 5.41) is 5.80. The van der Waals surface area contributed by atoms with E-state index in [1.807, 2.05) is 13.8 Å². The lowest BCUT2D eigenvalue weighted by atomic mass is 9.95. The minimum Gasteiger partial charge on any atom is -0.379 e. The van der Waals surface area contributed by atoms with Gasteiger partial charge in [0, 0.05) is 30.7 Å². The van der Waals surface area contributed by atoms with Crippen LogP contribution in [0.3, 0.4) is 0 Å². The smallest absolute Gasteiger partial charge is 0.251 e. The second-order valence-electron chi connectivity index (χ2n) is 7.87. The lowest BCUT2D eigenvalue weighted by Crippen LogP contribution is -2.59. The van der Waals surface area contributed by atoms with Crippen molar-refractivity contribution in [2.45, 2.75) is 45.7 Å². The minimum atomic E-state index is -0.664. The highest BCUT2D eigenvalue weighted by molar-refractivity contribution is 5.97. The molecule has 0 saturated carbocycles. The Morgan fingerprint density at radius 3 is 2.36 bits per heavy atom. The van der Waals surface area contributed by atoms with Gasteiger partial charge in [0.2, 0.25) is 5.91 Å². The van der Waals surface area contributed by atoms with Gasteiger partial charge in [-0.3, -0.25) is 14.5 Å². The number of carbonyl (C=O) groups excluding carboxylic acids is 2. The quantitative estimate of drug-likeness (QED) is 0.710. The summed E-state index contributed by atoms with van der Waals surface area (Å²) in [7, 11) is 0. The Morgan fingerprint density at radius 1 is 1.21 bits per heavy atom. The van der Waals surface area contributed by atoms with Crippen molar-refractivity contribution in [3.63, 3.8) is 0 Å². The molecule has 0 bridgehead atoms. The number of nitrogens with one attached hydrogen (secondary N) is 2. The van der Waals surface area contributed by atoms with Gasteiger partial charge >= 0.3 is 0 Å². The third-order valence-electron chi connectivity index (χ3n) is 5.52. The Bertz CT molecular complexity index is 659. The van der Waals surface area contributed by atoms with Gasteiger partial charge in [0.25, 0.3) is 5.91 Å². The Morgan fingerprint density at radius 2 is 1.82 bits per heavy atom. The van der Waals surface area contributed by atoms with Gasteiger partial charge in [-0.25, -0.2) is 4.39 Å². The van der Waals surface area contributed by atoms with Crippen molar-refractivity contribution >= 4 is 11.8 Å². The third-order valence-corrected chi connectivity index (χ3v) is 5.52. The lowest BCUT2D eigenvalue weighted by Gasteiger charge is -2.43. The van der Waals surface area contributed by atoms with Crippen molar-refractivity contribution in [3.8, 4) is 0 Å². The molecule has 0 aliphatic carbocycles. The number of halogens is 1. The molecule has 6 nitrogen and oxygen atoms in total. The fourth-order valence-corrected chi connectivity index (χ4v) is 3.31. The lowest BCUT2D eigenvalue weighted by molar-refractivity contribution is -0.124. The molecule has 1 fully saturated rings. The van der Waals surface area contributed by atoms with E-state index in [0.29, 0.717) is 25.3 Å². The molecule has 0 aromatic heterocycles. The molecule has 1 saturated heterocycles. The zero-order valence-corrected chi connectivity index (χ0v) is 17.3. The van der Waals surface area contributed by atoms with E-state index in [2.05, 4.69) is 29.4 Å². The molecule has 2 atom stereocenters. The van der Waals surface area contributed by atoms with Crippen LogP contribution in [-0.4, -0.2) is 61.1 Å². The molecule has 1 aliphatic rings. The Balaban J connectivity index is 1.99. The fourth-order valence-electron chi connectivity index (χ4n) is 3.31. The molecule has 156 valence electrons. The molecule has 2 amide bonds. The Kier molecular flexibility index (Phi) is 7.95. The highest BCUT2D eigenvalue weighted by atomic mass is 19.1. The van der Waals surface area contributed by atoms with Crippen LogP contribution in [-0.2, 0) is 9.53 Å². The van der Waals surface area contributed by atoms with Crippen molar-refractivity contribution in [2.24, 2.45) is 5.92 Å². The van der Waals surface area contributed by atoms with E-state index in [1.165, 1.54) is 24.3 Å². The molecule has 1 aliphatic heterocycles. The van der Waals surface area contributed by atoms with Crippen molar-refractivity contribution < 1.29 is 18.7 Å². The number of benzene rings is 1. The van der Waals surface area contributed by atoms with Gasteiger partial charge in [0.05, 0.1) is 13.2 Å². The second kappa shape index (κ2) is 9.98. The van der Waals surface area contributed by atoms with Gasteiger partial charge in [-0.1, -0.05) is 20.8 Å². The Hall–Kier alpha value is -1.99. The van der Waals surface area contributed by atoms with Crippen LogP contribution >= 0.6 is 0 Å². The standard InChI is InChI=1S/C21H32FN3O3/c1-5-21(4,25-10-12-28-13-11-25)14-23-20(27)18(15(2)3)24-19(26)16-6-8-17(22)9-7-16/h6-9,15,18H,5,10-14H2,1-4H3,(H,23,27)(H,24,26). The predicted octanol–water partition coefficient (Wildman–Crippen LogP) is 2.20. The normalized spacial score (nSPS) is 18.4. The first-order chi connectivity index (χ1) is 13.3. The molecule has 0 radical (unpaired) electrons. The van der Waals surface area contributed by atoms with Gasteiger partial charge < -0.3 is 15.4 Å². The first kappa shape index (κ1) is 22.3. The summed E-state index contributed by atoms with van der Waals surface area (Å²) >= 11 is 0. The monoisotopic (exact) mass is 393 g/mol. The van der Waals surface area contributed by atoms with Gasteiger partial charge in [-0.05, 0) is 43.5 Å². The van der Waals surface area contributed by atoms with E-state index >= 15 is 0 Å². The van der Waals surface area contributed by atoms with Gasteiger partial charge in [0.1, 0.15) is 11.9 Å². The molecule has 1 aromatic rings.